The number of hydrogen-bond donors (Lipinski definition) is 0. The Labute approximate surface area is 84.7 Å². The highest BCUT2D eigenvalue weighted by Gasteiger charge is 1.92. The number of rotatable bonds is 4. The first kappa shape index (κ1) is 10.4. The lowest BCUT2D eigenvalue weighted by molar-refractivity contribution is 1.26. The van der Waals surface area contributed by atoms with E-state index in [9.17, 15) is 0 Å². The lowest BCUT2D eigenvalue weighted by atomic mass is 10.1. The Morgan fingerprint density at radius 2 is 2.43 bits per heavy atom. The molecule has 0 aliphatic carbocycles. The quantitative estimate of drug-likeness (QED) is 0.663. The van der Waals surface area contributed by atoms with E-state index in [0.717, 1.165) is 12.1 Å². The molecule has 14 heavy (non-hydrogen) atoms. The van der Waals surface area contributed by atoms with E-state index >= 15 is 0 Å². The van der Waals surface area contributed by atoms with E-state index in [1.165, 1.54) is 11.8 Å². The Hall–Kier alpha value is -1.70. The van der Waals surface area contributed by atoms with Crippen molar-refractivity contribution in [2.45, 2.75) is 13.3 Å². The zero-order valence-corrected chi connectivity index (χ0v) is 8.35. The van der Waals surface area contributed by atoms with Gasteiger partial charge in [0.1, 0.15) is 0 Å². The van der Waals surface area contributed by atoms with E-state index in [1.807, 2.05) is 31.3 Å². The van der Waals surface area contributed by atoms with Gasteiger partial charge in [0.25, 0.3) is 0 Å². The molecule has 1 aromatic heterocycles. The smallest absolute Gasteiger partial charge is 0.0655 e. The van der Waals surface area contributed by atoms with Crippen molar-refractivity contribution in [3.8, 4) is 0 Å². The third-order valence-corrected chi connectivity index (χ3v) is 1.81. The summed E-state index contributed by atoms with van der Waals surface area (Å²) in [5.74, 6) is 0. The summed E-state index contributed by atoms with van der Waals surface area (Å²) in [4.78, 5) is 8.16. The average Bonchev–Trinajstić information content (AvgIpc) is 2.25. The summed E-state index contributed by atoms with van der Waals surface area (Å²) in [6, 6.07) is 5.89. The summed E-state index contributed by atoms with van der Waals surface area (Å²) in [6.45, 7) is 5.55. The zero-order chi connectivity index (χ0) is 10.2. The second kappa shape index (κ2) is 5.86. The zero-order valence-electron chi connectivity index (χ0n) is 8.35. The van der Waals surface area contributed by atoms with Gasteiger partial charge in [-0.3, -0.25) is 9.98 Å². The van der Waals surface area contributed by atoms with Crippen LogP contribution in [-0.2, 0) is 0 Å². The van der Waals surface area contributed by atoms with E-state index in [-0.39, 0.29) is 0 Å². The molecular weight excluding hydrogens is 172 g/mol. The molecule has 0 radical (unpaired) electrons. The largest absolute Gasteiger partial charge is 0.269 e. The van der Waals surface area contributed by atoms with Gasteiger partial charge >= 0.3 is 0 Å². The number of allylic oxidation sites excluding steroid dienone is 2. The molecule has 72 valence electrons. The first-order chi connectivity index (χ1) is 6.84. The maximum Gasteiger partial charge on any atom is 0.0655 e. The number of hydrogen-bond acceptors (Lipinski definition) is 2. The van der Waals surface area contributed by atoms with Crippen molar-refractivity contribution >= 4 is 11.8 Å². The van der Waals surface area contributed by atoms with Gasteiger partial charge in [-0.1, -0.05) is 18.7 Å². The van der Waals surface area contributed by atoms with Crippen molar-refractivity contribution in [1.82, 2.24) is 4.98 Å². The molecule has 2 heteroatoms. The minimum atomic E-state index is 0.814. The molecule has 0 aliphatic heterocycles. The predicted octanol–water partition coefficient (Wildman–Crippen LogP) is 3.09. The van der Waals surface area contributed by atoms with Crippen molar-refractivity contribution < 1.29 is 0 Å². The van der Waals surface area contributed by atoms with Gasteiger partial charge in [0, 0.05) is 25.0 Å². The molecule has 0 fully saturated rings. The molecule has 0 aliphatic rings. The first-order valence-electron chi connectivity index (χ1n) is 4.55. The van der Waals surface area contributed by atoms with E-state index in [4.69, 9.17) is 0 Å². The minimum absolute atomic E-state index is 0.814. The molecule has 0 saturated heterocycles. The summed E-state index contributed by atoms with van der Waals surface area (Å²) in [5.41, 5.74) is 2.18. The highest BCUT2D eigenvalue weighted by Crippen LogP contribution is 2.09. The van der Waals surface area contributed by atoms with E-state index in [0.29, 0.717) is 0 Å². The first-order valence-corrected chi connectivity index (χ1v) is 4.55. The van der Waals surface area contributed by atoms with Crippen LogP contribution in [0.25, 0.3) is 5.57 Å². The van der Waals surface area contributed by atoms with Crippen molar-refractivity contribution in [2.75, 3.05) is 0 Å². The fourth-order valence-corrected chi connectivity index (χ4v) is 1.07. The fraction of sp³-hybridized carbons (Fsp3) is 0.167. The molecule has 0 atom stereocenters. The van der Waals surface area contributed by atoms with Gasteiger partial charge < -0.3 is 0 Å². The van der Waals surface area contributed by atoms with Gasteiger partial charge in [-0.25, -0.2) is 0 Å². The Morgan fingerprint density at radius 1 is 1.57 bits per heavy atom. The molecule has 0 N–H and O–H groups in total. The molecule has 0 bridgehead atoms. The van der Waals surface area contributed by atoms with Gasteiger partial charge in [-0.15, -0.1) is 0 Å². The second-order valence-electron chi connectivity index (χ2n) is 2.85. The molecule has 0 amide bonds. The van der Waals surface area contributed by atoms with Crippen LogP contribution in [0.4, 0.5) is 0 Å². The van der Waals surface area contributed by atoms with Crippen LogP contribution < -0.4 is 0 Å². The molecule has 1 rings (SSSR count). The molecule has 0 aromatic carbocycles. The van der Waals surface area contributed by atoms with Crippen LogP contribution in [0.5, 0.6) is 0 Å². The van der Waals surface area contributed by atoms with Crippen LogP contribution in [0.1, 0.15) is 19.0 Å². The standard InChI is InChI=1S/C12H14N2/c1-3-13-9-6-7-11(2)12-8-4-5-10-14-12/h3-5,7-10H,1,6H2,2H3/b11-7+,13-9?. The van der Waals surface area contributed by atoms with E-state index < -0.39 is 0 Å². The maximum atomic E-state index is 4.24. The van der Waals surface area contributed by atoms with Crippen molar-refractivity contribution in [2.24, 2.45) is 4.99 Å². The number of nitrogens with zero attached hydrogens (tertiary/aromatic N) is 2. The van der Waals surface area contributed by atoms with Crippen LogP contribution in [0.2, 0.25) is 0 Å². The molecule has 0 unspecified atom stereocenters. The van der Waals surface area contributed by atoms with Crippen LogP contribution in [0.15, 0.2) is 48.2 Å². The minimum Gasteiger partial charge on any atom is -0.269 e. The van der Waals surface area contributed by atoms with E-state index in [1.54, 1.807) is 6.20 Å². The van der Waals surface area contributed by atoms with Crippen molar-refractivity contribution in [3.63, 3.8) is 0 Å². The van der Waals surface area contributed by atoms with Crippen LogP contribution in [0.3, 0.4) is 0 Å². The van der Waals surface area contributed by atoms with Gasteiger partial charge in [0.05, 0.1) is 5.69 Å². The number of aliphatic imine (C=N–C) groups is 1. The van der Waals surface area contributed by atoms with Crippen molar-refractivity contribution in [1.29, 1.82) is 0 Å². The highest BCUT2D eigenvalue weighted by molar-refractivity contribution is 5.67. The van der Waals surface area contributed by atoms with Crippen LogP contribution in [-0.4, -0.2) is 11.2 Å². The molecule has 1 heterocycles. The van der Waals surface area contributed by atoms with Gasteiger partial charge in [0.15, 0.2) is 0 Å². The topological polar surface area (TPSA) is 25.2 Å². The van der Waals surface area contributed by atoms with Gasteiger partial charge in [-0.05, 0) is 24.6 Å². The molecule has 1 aromatic rings. The Kier molecular flexibility index (Phi) is 4.35. The molecule has 0 spiro atoms. The SMILES string of the molecule is C=CN=CC/C=C(\C)c1ccccn1. The lowest BCUT2D eigenvalue weighted by Crippen LogP contribution is -1.83. The third kappa shape index (κ3) is 3.35. The normalized spacial score (nSPS) is 11.9. The van der Waals surface area contributed by atoms with Gasteiger partial charge in [0.2, 0.25) is 0 Å². The Morgan fingerprint density at radius 3 is 3.07 bits per heavy atom. The fourth-order valence-electron chi connectivity index (χ4n) is 1.07. The average molecular weight is 186 g/mol. The number of pyridine rings is 1. The Balaban J connectivity index is 2.61. The summed E-state index contributed by atoms with van der Waals surface area (Å²) in [6.07, 6.45) is 8.05. The molecule has 0 saturated carbocycles. The van der Waals surface area contributed by atoms with Gasteiger partial charge in [-0.2, -0.15) is 0 Å². The summed E-state index contributed by atoms with van der Waals surface area (Å²) in [5, 5.41) is 0. The summed E-state index contributed by atoms with van der Waals surface area (Å²) >= 11 is 0. The number of aromatic nitrogens is 1. The summed E-state index contributed by atoms with van der Waals surface area (Å²) < 4.78 is 0. The van der Waals surface area contributed by atoms with Crippen LogP contribution >= 0.6 is 0 Å². The lowest BCUT2D eigenvalue weighted by Gasteiger charge is -1.97. The predicted molar refractivity (Wildman–Crippen MR) is 61.2 cm³/mol. The highest BCUT2D eigenvalue weighted by atomic mass is 14.7. The maximum absolute atomic E-state index is 4.24. The van der Waals surface area contributed by atoms with E-state index in [2.05, 4.69) is 22.6 Å². The van der Waals surface area contributed by atoms with Crippen molar-refractivity contribution in [3.05, 3.63) is 48.9 Å². The molecular formula is C12H14N2. The third-order valence-electron chi connectivity index (χ3n) is 1.81. The molecule has 2 nitrogen and oxygen atoms in total. The second-order valence-corrected chi connectivity index (χ2v) is 2.85. The van der Waals surface area contributed by atoms with Crippen LogP contribution in [0, 0.1) is 0 Å². The summed E-state index contributed by atoms with van der Waals surface area (Å²) in [7, 11) is 0. The Bertz CT molecular complexity index is 337. The monoisotopic (exact) mass is 186 g/mol.